The van der Waals surface area contributed by atoms with Crippen LogP contribution in [0.3, 0.4) is 0 Å². The molecule has 0 spiro atoms. The minimum absolute atomic E-state index is 0.0944. The van der Waals surface area contributed by atoms with E-state index < -0.39 is 10.0 Å². The van der Waals surface area contributed by atoms with Gasteiger partial charge in [0.15, 0.2) is 0 Å². The topological polar surface area (TPSA) is 69.7 Å². The number of piperazine rings is 1. The number of hydrogen-bond acceptors (Lipinski definition) is 4. The predicted octanol–water partition coefficient (Wildman–Crippen LogP) is 2.29. The Labute approximate surface area is 154 Å². The third-order valence-corrected chi connectivity index (χ3v) is 7.61. The summed E-state index contributed by atoms with van der Waals surface area (Å²) in [6.07, 6.45) is 4.05. The fraction of sp³-hybridized carbons (Fsp3) is 0.526. The molecule has 0 atom stereocenters. The van der Waals surface area contributed by atoms with Crippen molar-refractivity contribution in [2.45, 2.75) is 37.5 Å². The Balaban J connectivity index is 1.67. The zero-order chi connectivity index (χ0) is 18.3. The first kappa shape index (κ1) is 17.7. The second-order valence-corrected chi connectivity index (χ2v) is 9.12. The molecular weight excluding hydrogens is 350 g/mol. The van der Waals surface area contributed by atoms with Gasteiger partial charge >= 0.3 is 0 Å². The molecule has 7 heteroatoms. The number of rotatable bonds is 3. The van der Waals surface area contributed by atoms with E-state index in [0.29, 0.717) is 18.7 Å². The molecule has 26 heavy (non-hydrogen) atoms. The number of carbonyl (C=O) groups excluding carboxylic acids is 1. The van der Waals surface area contributed by atoms with E-state index in [-0.39, 0.29) is 10.8 Å². The molecule has 1 N–H and O–H groups in total. The number of sulfonamides is 1. The third-order valence-electron chi connectivity index (χ3n) is 5.71. The Morgan fingerprint density at radius 1 is 1.08 bits per heavy atom. The number of likely N-dealkylation sites (N-methyl/N-ethyl adjacent to an activating group) is 1. The van der Waals surface area contributed by atoms with Crippen molar-refractivity contribution in [1.29, 1.82) is 0 Å². The van der Waals surface area contributed by atoms with Crippen LogP contribution in [0.15, 0.2) is 28.7 Å². The van der Waals surface area contributed by atoms with E-state index in [1.807, 2.05) is 0 Å². The second-order valence-electron chi connectivity index (χ2n) is 7.19. The van der Waals surface area contributed by atoms with Crippen LogP contribution in [-0.2, 0) is 14.8 Å². The standard InChI is InChI=1S/C19H25N3O3S/c1-2-21-9-11-22(12-10-21)26(24,25)15-7-8-17-16(13-15)18(19(23)20-17)14-5-3-4-6-14/h7-8,13H,2-6,9-12H2,1H3,(H,20,23). The van der Waals surface area contributed by atoms with Gasteiger partial charge in [0.1, 0.15) is 0 Å². The summed E-state index contributed by atoms with van der Waals surface area (Å²) in [6, 6.07) is 5.03. The number of allylic oxidation sites excluding steroid dienone is 1. The molecule has 0 aromatic heterocycles. The molecule has 1 amide bonds. The van der Waals surface area contributed by atoms with E-state index in [2.05, 4.69) is 17.1 Å². The normalized spacial score (nSPS) is 22.0. The summed E-state index contributed by atoms with van der Waals surface area (Å²) in [5.41, 5.74) is 3.33. The van der Waals surface area contributed by atoms with Gasteiger partial charge in [-0.3, -0.25) is 4.79 Å². The SMILES string of the molecule is CCN1CCN(S(=O)(=O)c2ccc3c(c2)C(=C2CCCC2)C(=O)N3)CC1. The highest BCUT2D eigenvalue weighted by Crippen LogP contribution is 2.40. The number of hydrogen-bond donors (Lipinski definition) is 1. The quantitative estimate of drug-likeness (QED) is 0.823. The monoisotopic (exact) mass is 375 g/mol. The van der Waals surface area contributed by atoms with Crippen LogP contribution in [0.1, 0.15) is 38.2 Å². The van der Waals surface area contributed by atoms with Crippen LogP contribution < -0.4 is 5.32 Å². The summed E-state index contributed by atoms with van der Waals surface area (Å²) in [4.78, 5) is 15.0. The number of carbonyl (C=O) groups is 1. The highest BCUT2D eigenvalue weighted by molar-refractivity contribution is 7.89. The first-order valence-corrected chi connectivity index (χ1v) is 10.8. The average molecular weight is 375 g/mol. The van der Waals surface area contributed by atoms with Crippen LogP contribution in [-0.4, -0.2) is 56.3 Å². The highest BCUT2D eigenvalue weighted by Gasteiger charge is 2.32. The van der Waals surface area contributed by atoms with Crippen LogP contribution in [0.25, 0.3) is 5.57 Å². The first-order valence-electron chi connectivity index (χ1n) is 9.41. The molecule has 3 aliphatic rings. The van der Waals surface area contributed by atoms with E-state index >= 15 is 0 Å². The third kappa shape index (κ3) is 2.98. The van der Waals surface area contributed by atoms with Gasteiger partial charge in [0, 0.05) is 43.0 Å². The van der Waals surface area contributed by atoms with Crippen molar-refractivity contribution in [3.05, 3.63) is 29.3 Å². The lowest BCUT2D eigenvalue weighted by molar-refractivity contribution is -0.110. The zero-order valence-electron chi connectivity index (χ0n) is 15.1. The lowest BCUT2D eigenvalue weighted by Crippen LogP contribution is -2.48. The van der Waals surface area contributed by atoms with Crippen molar-refractivity contribution in [3.8, 4) is 0 Å². The maximum atomic E-state index is 13.1. The van der Waals surface area contributed by atoms with Crippen molar-refractivity contribution in [2.24, 2.45) is 0 Å². The summed E-state index contributed by atoms with van der Waals surface area (Å²) >= 11 is 0. The molecular formula is C19H25N3O3S. The van der Waals surface area contributed by atoms with E-state index in [0.717, 1.165) is 62.1 Å². The van der Waals surface area contributed by atoms with Crippen molar-refractivity contribution in [3.63, 3.8) is 0 Å². The predicted molar refractivity (Wildman–Crippen MR) is 101 cm³/mol. The summed E-state index contributed by atoms with van der Waals surface area (Å²) in [6.45, 7) is 5.58. The fourth-order valence-electron chi connectivity index (χ4n) is 4.14. The Bertz CT molecular complexity index is 860. The Kier molecular flexibility index (Phi) is 4.62. The van der Waals surface area contributed by atoms with Gasteiger partial charge in [-0.1, -0.05) is 12.5 Å². The molecule has 2 heterocycles. The van der Waals surface area contributed by atoms with Crippen LogP contribution in [0.4, 0.5) is 5.69 Å². The lowest BCUT2D eigenvalue weighted by atomic mass is 10.00. The molecule has 0 radical (unpaired) electrons. The molecule has 1 aliphatic carbocycles. The van der Waals surface area contributed by atoms with Crippen LogP contribution >= 0.6 is 0 Å². The number of nitrogens with one attached hydrogen (secondary N) is 1. The van der Waals surface area contributed by atoms with Crippen molar-refractivity contribution < 1.29 is 13.2 Å². The molecule has 2 aliphatic heterocycles. The number of nitrogens with zero attached hydrogens (tertiary/aromatic N) is 2. The molecule has 6 nitrogen and oxygen atoms in total. The molecule has 140 valence electrons. The van der Waals surface area contributed by atoms with E-state index in [1.54, 1.807) is 22.5 Å². The van der Waals surface area contributed by atoms with Crippen LogP contribution in [0.2, 0.25) is 0 Å². The van der Waals surface area contributed by atoms with Gasteiger partial charge in [-0.15, -0.1) is 0 Å². The molecule has 4 rings (SSSR count). The minimum atomic E-state index is -3.53. The van der Waals surface area contributed by atoms with Gasteiger partial charge in [-0.2, -0.15) is 4.31 Å². The Hall–Kier alpha value is -1.70. The van der Waals surface area contributed by atoms with Crippen molar-refractivity contribution in [2.75, 3.05) is 38.0 Å². The molecule has 1 aromatic rings. The largest absolute Gasteiger partial charge is 0.321 e. The van der Waals surface area contributed by atoms with Gasteiger partial charge in [0.25, 0.3) is 5.91 Å². The van der Waals surface area contributed by atoms with Crippen LogP contribution in [0, 0.1) is 0 Å². The van der Waals surface area contributed by atoms with Crippen molar-refractivity contribution in [1.82, 2.24) is 9.21 Å². The lowest BCUT2D eigenvalue weighted by Gasteiger charge is -2.33. The number of fused-ring (bicyclic) bond motifs is 1. The smallest absolute Gasteiger partial charge is 0.256 e. The minimum Gasteiger partial charge on any atom is -0.321 e. The van der Waals surface area contributed by atoms with E-state index in [4.69, 9.17) is 0 Å². The molecule has 1 aromatic carbocycles. The van der Waals surface area contributed by atoms with Gasteiger partial charge in [0.05, 0.1) is 4.90 Å². The summed E-state index contributed by atoms with van der Waals surface area (Å²) < 4.78 is 27.7. The molecule has 2 fully saturated rings. The van der Waals surface area contributed by atoms with Crippen molar-refractivity contribution >= 4 is 27.2 Å². The summed E-state index contributed by atoms with van der Waals surface area (Å²) in [5.74, 6) is -0.0944. The van der Waals surface area contributed by atoms with E-state index in [9.17, 15) is 13.2 Å². The average Bonchev–Trinajstić information content (AvgIpc) is 3.27. The maximum Gasteiger partial charge on any atom is 0.256 e. The van der Waals surface area contributed by atoms with E-state index in [1.165, 1.54) is 0 Å². The molecule has 1 saturated heterocycles. The Morgan fingerprint density at radius 2 is 1.77 bits per heavy atom. The summed E-state index contributed by atoms with van der Waals surface area (Å²) in [7, 11) is -3.53. The van der Waals surface area contributed by atoms with Gasteiger partial charge in [-0.05, 0) is 50.4 Å². The first-order chi connectivity index (χ1) is 12.5. The summed E-state index contributed by atoms with van der Waals surface area (Å²) in [5, 5.41) is 2.88. The number of benzene rings is 1. The molecule has 1 saturated carbocycles. The Morgan fingerprint density at radius 3 is 2.42 bits per heavy atom. The number of amides is 1. The number of anilines is 1. The molecule has 0 unspecified atom stereocenters. The van der Waals surface area contributed by atoms with Gasteiger partial charge < -0.3 is 10.2 Å². The second kappa shape index (κ2) is 6.79. The highest BCUT2D eigenvalue weighted by atomic mass is 32.2. The maximum absolute atomic E-state index is 13.1. The fourth-order valence-corrected chi connectivity index (χ4v) is 5.59. The molecule has 0 bridgehead atoms. The van der Waals surface area contributed by atoms with Gasteiger partial charge in [0.2, 0.25) is 10.0 Å². The van der Waals surface area contributed by atoms with Crippen LogP contribution in [0.5, 0.6) is 0 Å². The van der Waals surface area contributed by atoms with Gasteiger partial charge in [-0.25, -0.2) is 8.42 Å². The zero-order valence-corrected chi connectivity index (χ0v) is 15.9.